The molecule has 2 aromatic carbocycles. The summed E-state index contributed by atoms with van der Waals surface area (Å²) in [6.45, 7) is 9.11. The number of aromatic nitrogens is 2. The molecule has 0 amide bonds. The zero-order chi connectivity index (χ0) is 20.1. The van der Waals surface area contributed by atoms with Crippen LogP contribution in [0.1, 0.15) is 22.4 Å². The lowest BCUT2D eigenvalue weighted by molar-refractivity contribution is 0.756. The zero-order valence-electron chi connectivity index (χ0n) is 16.5. The molecule has 0 radical (unpaired) electrons. The van der Waals surface area contributed by atoms with Gasteiger partial charge < -0.3 is 10.6 Å². The maximum atomic E-state index is 4.51. The molecule has 0 saturated heterocycles. The SMILES string of the molecule is C=C(/C=C(/NCc1ccc(NC)cc1)n1ncc(Br)c1C)c1ccccc1C. The molecule has 0 aliphatic heterocycles. The summed E-state index contributed by atoms with van der Waals surface area (Å²) in [5.41, 5.74) is 6.58. The molecule has 1 heterocycles. The molecule has 0 fully saturated rings. The quantitative estimate of drug-likeness (QED) is 0.473. The number of benzene rings is 2. The third kappa shape index (κ3) is 4.54. The van der Waals surface area contributed by atoms with Gasteiger partial charge in [0, 0.05) is 19.3 Å². The number of nitrogens with one attached hydrogen (secondary N) is 2. The second kappa shape index (κ2) is 8.93. The molecular weight excluding hydrogens is 412 g/mol. The minimum absolute atomic E-state index is 0.688. The summed E-state index contributed by atoms with van der Waals surface area (Å²) in [5, 5.41) is 11.2. The van der Waals surface area contributed by atoms with E-state index in [2.05, 4.69) is 87.6 Å². The summed E-state index contributed by atoms with van der Waals surface area (Å²) in [4.78, 5) is 0. The molecule has 0 spiro atoms. The van der Waals surface area contributed by atoms with E-state index in [9.17, 15) is 0 Å². The van der Waals surface area contributed by atoms with E-state index in [0.29, 0.717) is 6.54 Å². The molecule has 0 atom stereocenters. The predicted octanol–water partition coefficient (Wildman–Crippen LogP) is 5.61. The first-order valence-electron chi connectivity index (χ1n) is 9.17. The van der Waals surface area contributed by atoms with Crippen LogP contribution in [-0.2, 0) is 6.54 Å². The van der Waals surface area contributed by atoms with E-state index >= 15 is 0 Å². The lowest BCUT2D eigenvalue weighted by Crippen LogP contribution is -2.19. The van der Waals surface area contributed by atoms with E-state index in [4.69, 9.17) is 0 Å². The Morgan fingerprint density at radius 2 is 1.86 bits per heavy atom. The maximum absolute atomic E-state index is 4.51. The molecule has 0 saturated carbocycles. The summed E-state index contributed by atoms with van der Waals surface area (Å²) >= 11 is 3.55. The number of halogens is 1. The van der Waals surface area contributed by atoms with Gasteiger partial charge in [-0.05, 0) is 70.2 Å². The Hall–Kier alpha value is -2.79. The summed E-state index contributed by atoms with van der Waals surface area (Å²) in [5.74, 6) is 0.883. The minimum atomic E-state index is 0.688. The van der Waals surface area contributed by atoms with Crippen LogP contribution in [0.3, 0.4) is 0 Å². The van der Waals surface area contributed by atoms with Gasteiger partial charge in [-0.1, -0.05) is 43.0 Å². The number of allylic oxidation sites excluding steroid dienone is 2. The molecule has 0 aliphatic carbocycles. The Labute approximate surface area is 175 Å². The number of hydrogen-bond acceptors (Lipinski definition) is 3. The van der Waals surface area contributed by atoms with Crippen LogP contribution >= 0.6 is 15.9 Å². The average molecular weight is 437 g/mol. The zero-order valence-corrected chi connectivity index (χ0v) is 18.0. The van der Waals surface area contributed by atoms with Crippen LogP contribution in [0, 0.1) is 13.8 Å². The number of nitrogens with zero attached hydrogens (tertiary/aromatic N) is 2. The summed E-state index contributed by atoms with van der Waals surface area (Å²) in [7, 11) is 1.92. The van der Waals surface area contributed by atoms with Gasteiger partial charge in [-0.2, -0.15) is 5.10 Å². The second-order valence-electron chi connectivity index (χ2n) is 6.66. The van der Waals surface area contributed by atoms with Crippen molar-refractivity contribution in [3.05, 3.63) is 94.2 Å². The van der Waals surface area contributed by atoms with Crippen molar-refractivity contribution in [3.63, 3.8) is 0 Å². The van der Waals surface area contributed by atoms with Crippen LogP contribution in [-0.4, -0.2) is 16.8 Å². The van der Waals surface area contributed by atoms with Crippen LogP contribution < -0.4 is 10.6 Å². The third-order valence-corrected chi connectivity index (χ3v) is 5.47. The molecule has 3 aromatic rings. The maximum Gasteiger partial charge on any atom is 0.128 e. The van der Waals surface area contributed by atoms with Crippen molar-refractivity contribution in [1.29, 1.82) is 0 Å². The third-order valence-electron chi connectivity index (χ3n) is 4.70. The van der Waals surface area contributed by atoms with Crippen LogP contribution in [0.25, 0.3) is 11.4 Å². The van der Waals surface area contributed by atoms with Crippen molar-refractivity contribution < 1.29 is 0 Å². The van der Waals surface area contributed by atoms with E-state index in [1.54, 1.807) is 0 Å². The van der Waals surface area contributed by atoms with Crippen LogP contribution in [0.2, 0.25) is 0 Å². The first-order chi connectivity index (χ1) is 13.5. The highest BCUT2D eigenvalue weighted by Gasteiger charge is 2.10. The lowest BCUT2D eigenvalue weighted by atomic mass is 10.0. The smallest absolute Gasteiger partial charge is 0.128 e. The molecule has 5 heteroatoms. The van der Waals surface area contributed by atoms with Crippen molar-refractivity contribution >= 4 is 33.0 Å². The number of anilines is 1. The Morgan fingerprint density at radius 3 is 2.46 bits per heavy atom. The van der Waals surface area contributed by atoms with Crippen molar-refractivity contribution in [2.75, 3.05) is 12.4 Å². The van der Waals surface area contributed by atoms with Gasteiger partial charge in [-0.15, -0.1) is 0 Å². The van der Waals surface area contributed by atoms with Gasteiger partial charge in [-0.3, -0.25) is 0 Å². The number of hydrogen-bond donors (Lipinski definition) is 2. The highest BCUT2D eigenvalue weighted by atomic mass is 79.9. The number of rotatable bonds is 7. The van der Waals surface area contributed by atoms with Crippen LogP contribution in [0.5, 0.6) is 0 Å². The van der Waals surface area contributed by atoms with Gasteiger partial charge >= 0.3 is 0 Å². The fourth-order valence-corrected chi connectivity index (χ4v) is 3.24. The van der Waals surface area contributed by atoms with E-state index in [0.717, 1.165) is 32.8 Å². The standard InChI is InChI=1S/C23H25BrN4/c1-16-7-5-6-8-21(16)17(2)13-23(28-18(3)22(24)15-27-28)26-14-19-9-11-20(25-4)12-10-19/h5-13,15,25-26H,2,14H2,1,3-4H3/b23-13-. The molecule has 2 N–H and O–H groups in total. The van der Waals surface area contributed by atoms with E-state index in [1.165, 1.54) is 11.1 Å². The molecule has 144 valence electrons. The number of aryl methyl sites for hydroxylation is 1. The highest BCUT2D eigenvalue weighted by molar-refractivity contribution is 9.10. The Kier molecular flexibility index (Phi) is 6.37. The first kappa shape index (κ1) is 20.0. The Bertz CT molecular complexity index is 1000. The fourth-order valence-electron chi connectivity index (χ4n) is 2.98. The normalized spacial score (nSPS) is 11.4. The van der Waals surface area contributed by atoms with Crippen molar-refractivity contribution in [2.24, 2.45) is 0 Å². The molecule has 28 heavy (non-hydrogen) atoms. The molecular formula is C23H25BrN4. The van der Waals surface area contributed by atoms with Gasteiger partial charge in [-0.25, -0.2) is 4.68 Å². The van der Waals surface area contributed by atoms with E-state index < -0.39 is 0 Å². The molecule has 4 nitrogen and oxygen atoms in total. The molecule has 1 aromatic heterocycles. The molecule has 0 bridgehead atoms. The van der Waals surface area contributed by atoms with Crippen molar-refractivity contribution in [1.82, 2.24) is 15.1 Å². The fraction of sp³-hybridized carbons (Fsp3) is 0.174. The highest BCUT2D eigenvalue weighted by Crippen LogP contribution is 2.23. The van der Waals surface area contributed by atoms with E-state index in [1.807, 2.05) is 37.0 Å². The summed E-state index contributed by atoms with van der Waals surface area (Å²) in [6, 6.07) is 16.6. The minimum Gasteiger partial charge on any atom is -0.388 e. The topological polar surface area (TPSA) is 41.9 Å². The lowest BCUT2D eigenvalue weighted by Gasteiger charge is -2.15. The first-order valence-corrected chi connectivity index (χ1v) is 9.96. The van der Waals surface area contributed by atoms with Gasteiger partial charge in [0.25, 0.3) is 0 Å². The monoisotopic (exact) mass is 436 g/mol. The summed E-state index contributed by atoms with van der Waals surface area (Å²) < 4.78 is 2.87. The van der Waals surface area contributed by atoms with Crippen LogP contribution in [0.4, 0.5) is 5.69 Å². The molecule has 0 aliphatic rings. The Balaban J connectivity index is 1.89. The van der Waals surface area contributed by atoms with E-state index in [-0.39, 0.29) is 0 Å². The van der Waals surface area contributed by atoms with Gasteiger partial charge in [0.05, 0.1) is 16.4 Å². The van der Waals surface area contributed by atoms with Gasteiger partial charge in [0.2, 0.25) is 0 Å². The van der Waals surface area contributed by atoms with Crippen LogP contribution in [0.15, 0.2) is 71.9 Å². The van der Waals surface area contributed by atoms with Crippen molar-refractivity contribution in [2.45, 2.75) is 20.4 Å². The second-order valence-corrected chi connectivity index (χ2v) is 7.51. The molecule has 0 unspecified atom stereocenters. The van der Waals surface area contributed by atoms with Gasteiger partial charge in [0.15, 0.2) is 0 Å². The molecule has 3 rings (SSSR count). The van der Waals surface area contributed by atoms with Crippen molar-refractivity contribution in [3.8, 4) is 0 Å². The Morgan fingerprint density at radius 1 is 1.14 bits per heavy atom. The largest absolute Gasteiger partial charge is 0.388 e. The average Bonchev–Trinajstić information content (AvgIpc) is 3.04. The summed E-state index contributed by atoms with van der Waals surface area (Å²) in [6.07, 6.45) is 3.86. The predicted molar refractivity (Wildman–Crippen MR) is 122 cm³/mol. The van der Waals surface area contributed by atoms with Gasteiger partial charge in [0.1, 0.15) is 5.82 Å².